The third kappa shape index (κ3) is 6.86. The Bertz CT molecular complexity index is 1350. The van der Waals surface area contributed by atoms with Crippen molar-refractivity contribution in [3.05, 3.63) is 119 Å². The van der Waals surface area contributed by atoms with E-state index >= 15 is 0 Å². The van der Waals surface area contributed by atoms with Gasteiger partial charge in [0.15, 0.2) is 5.76 Å². The van der Waals surface area contributed by atoms with Crippen molar-refractivity contribution in [1.29, 1.82) is 0 Å². The van der Waals surface area contributed by atoms with Crippen LogP contribution in [0.2, 0.25) is 0 Å². The molecule has 0 aliphatic carbocycles. The second-order valence-corrected chi connectivity index (χ2v) is 9.70. The molecule has 0 bridgehead atoms. The van der Waals surface area contributed by atoms with Crippen molar-refractivity contribution in [2.45, 2.75) is 26.6 Å². The van der Waals surface area contributed by atoms with Crippen molar-refractivity contribution in [3.63, 3.8) is 0 Å². The fraction of sp³-hybridized carbons (Fsp3) is 0.281. The summed E-state index contributed by atoms with van der Waals surface area (Å²) < 4.78 is 25.3. The van der Waals surface area contributed by atoms with Crippen LogP contribution < -0.4 is 9.64 Å². The summed E-state index contributed by atoms with van der Waals surface area (Å²) in [5, 5.41) is 0. The molecule has 0 atom stereocenters. The monoisotopic (exact) mass is 527 g/mol. The summed E-state index contributed by atoms with van der Waals surface area (Å²) >= 11 is 0. The highest BCUT2D eigenvalue weighted by atomic mass is 19.1. The van der Waals surface area contributed by atoms with Crippen LogP contribution in [0.4, 0.5) is 10.1 Å². The van der Waals surface area contributed by atoms with Crippen molar-refractivity contribution in [2.75, 3.05) is 37.7 Å². The zero-order valence-corrected chi connectivity index (χ0v) is 22.3. The third-order valence-corrected chi connectivity index (χ3v) is 6.89. The van der Waals surface area contributed by atoms with Crippen molar-refractivity contribution in [2.24, 2.45) is 0 Å². The van der Waals surface area contributed by atoms with Gasteiger partial charge in [-0.3, -0.25) is 9.69 Å². The summed E-state index contributed by atoms with van der Waals surface area (Å²) in [5.74, 6) is 1.61. The first-order valence-electron chi connectivity index (χ1n) is 13.4. The number of rotatable bonds is 10. The summed E-state index contributed by atoms with van der Waals surface area (Å²) in [6.45, 7) is 7.13. The van der Waals surface area contributed by atoms with Crippen molar-refractivity contribution >= 4 is 11.6 Å². The zero-order valence-electron chi connectivity index (χ0n) is 22.3. The number of hydrogen-bond acceptors (Lipinski definition) is 5. The molecule has 39 heavy (non-hydrogen) atoms. The van der Waals surface area contributed by atoms with E-state index < -0.39 is 0 Å². The lowest BCUT2D eigenvalue weighted by atomic mass is 10.1. The van der Waals surface area contributed by atoms with E-state index in [9.17, 15) is 9.18 Å². The normalized spacial score (nSPS) is 13.6. The molecule has 3 aromatic carbocycles. The van der Waals surface area contributed by atoms with Gasteiger partial charge in [0.25, 0.3) is 5.91 Å². The molecule has 7 heteroatoms. The maximum absolute atomic E-state index is 13.4. The average Bonchev–Trinajstić information content (AvgIpc) is 3.43. The van der Waals surface area contributed by atoms with Gasteiger partial charge in [-0.05, 0) is 54.4 Å². The summed E-state index contributed by atoms with van der Waals surface area (Å²) in [7, 11) is 0. The van der Waals surface area contributed by atoms with Crippen LogP contribution in [0.3, 0.4) is 0 Å². The number of para-hydroxylation sites is 2. The summed E-state index contributed by atoms with van der Waals surface area (Å²) in [6.07, 6.45) is 0. The van der Waals surface area contributed by atoms with E-state index in [0.29, 0.717) is 45.1 Å². The van der Waals surface area contributed by atoms with E-state index in [1.807, 2.05) is 54.3 Å². The number of hydrogen-bond donors (Lipinski definition) is 0. The van der Waals surface area contributed by atoms with E-state index in [-0.39, 0.29) is 11.7 Å². The fourth-order valence-corrected chi connectivity index (χ4v) is 4.96. The first-order valence-corrected chi connectivity index (χ1v) is 13.4. The molecule has 1 aliphatic rings. The Kier molecular flexibility index (Phi) is 8.58. The number of piperazine rings is 1. The highest BCUT2D eigenvalue weighted by molar-refractivity contribution is 5.91. The number of carbonyl (C=O) groups excluding carboxylic acids is 1. The summed E-state index contributed by atoms with van der Waals surface area (Å²) in [4.78, 5) is 19.6. The molecule has 0 N–H and O–H groups in total. The Balaban J connectivity index is 1.22. The molecular weight excluding hydrogens is 493 g/mol. The second kappa shape index (κ2) is 12.6. The first-order chi connectivity index (χ1) is 19.1. The summed E-state index contributed by atoms with van der Waals surface area (Å²) in [5.41, 5.74) is 3.25. The molecule has 0 saturated carbocycles. The van der Waals surface area contributed by atoms with E-state index in [4.69, 9.17) is 9.15 Å². The maximum atomic E-state index is 13.4. The van der Waals surface area contributed by atoms with Crippen LogP contribution in [0.1, 0.15) is 34.4 Å². The van der Waals surface area contributed by atoms with Gasteiger partial charge in [-0.2, -0.15) is 0 Å². The van der Waals surface area contributed by atoms with Crippen LogP contribution in [-0.2, 0) is 19.6 Å². The van der Waals surface area contributed by atoms with Crippen LogP contribution in [0.25, 0.3) is 0 Å². The molecule has 1 saturated heterocycles. The van der Waals surface area contributed by atoms with Crippen molar-refractivity contribution in [1.82, 2.24) is 9.80 Å². The fourth-order valence-electron chi connectivity index (χ4n) is 4.96. The minimum atomic E-state index is -0.248. The van der Waals surface area contributed by atoms with E-state index in [1.165, 1.54) is 17.7 Å². The Hall–Kier alpha value is -4.10. The predicted octanol–water partition coefficient (Wildman–Crippen LogP) is 5.98. The van der Waals surface area contributed by atoms with Gasteiger partial charge < -0.3 is 19.0 Å². The van der Waals surface area contributed by atoms with Gasteiger partial charge in [0.2, 0.25) is 0 Å². The number of ether oxygens (including phenoxy) is 1. The molecule has 6 nitrogen and oxygen atoms in total. The molecule has 1 aliphatic heterocycles. The van der Waals surface area contributed by atoms with Crippen molar-refractivity contribution in [3.8, 4) is 5.75 Å². The standard InChI is InChI=1S/C32H34FN3O3/c1-2-38-30-11-7-6-10-29(30)35-18-20-36(21-19-35)32(37)31-17-16-28(39-31)24-34(22-25-8-4-3-5-9-25)23-26-12-14-27(33)15-13-26/h3-17H,2,18-24H2,1H3. The van der Waals surface area contributed by atoms with Gasteiger partial charge in [-0.15, -0.1) is 0 Å². The van der Waals surface area contributed by atoms with Gasteiger partial charge in [0, 0.05) is 39.3 Å². The van der Waals surface area contributed by atoms with Crippen LogP contribution >= 0.6 is 0 Å². The molecule has 4 aromatic rings. The number of furan rings is 1. The molecule has 0 unspecified atom stereocenters. The molecule has 1 amide bonds. The van der Waals surface area contributed by atoms with Gasteiger partial charge in [-0.25, -0.2) is 4.39 Å². The Morgan fingerprint density at radius 3 is 2.21 bits per heavy atom. The first kappa shape index (κ1) is 26.5. The minimum Gasteiger partial charge on any atom is -0.492 e. The largest absolute Gasteiger partial charge is 0.492 e. The predicted molar refractivity (Wildman–Crippen MR) is 150 cm³/mol. The van der Waals surface area contributed by atoms with Crippen LogP contribution in [0.5, 0.6) is 5.75 Å². The van der Waals surface area contributed by atoms with Gasteiger partial charge >= 0.3 is 0 Å². The Labute approximate surface area is 229 Å². The molecule has 0 radical (unpaired) electrons. The summed E-state index contributed by atoms with van der Waals surface area (Å²) in [6, 6.07) is 28.5. The number of nitrogens with zero attached hydrogens (tertiary/aromatic N) is 3. The third-order valence-electron chi connectivity index (χ3n) is 6.89. The number of halogens is 1. The lowest BCUT2D eigenvalue weighted by Gasteiger charge is -2.36. The highest BCUT2D eigenvalue weighted by Gasteiger charge is 2.26. The second-order valence-electron chi connectivity index (χ2n) is 9.70. The van der Waals surface area contributed by atoms with Gasteiger partial charge in [0.05, 0.1) is 18.8 Å². The van der Waals surface area contributed by atoms with Gasteiger partial charge in [-0.1, -0.05) is 54.6 Å². The number of carbonyl (C=O) groups is 1. The number of benzene rings is 3. The van der Waals surface area contributed by atoms with Crippen LogP contribution in [-0.4, -0.2) is 48.5 Å². The number of amides is 1. The van der Waals surface area contributed by atoms with Crippen molar-refractivity contribution < 1.29 is 18.3 Å². The maximum Gasteiger partial charge on any atom is 0.289 e. The lowest BCUT2D eigenvalue weighted by molar-refractivity contribution is 0.0710. The molecule has 202 valence electrons. The quantitative estimate of drug-likeness (QED) is 0.254. The Morgan fingerprint density at radius 1 is 0.821 bits per heavy atom. The highest BCUT2D eigenvalue weighted by Crippen LogP contribution is 2.29. The van der Waals surface area contributed by atoms with Crippen LogP contribution in [0, 0.1) is 5.82 Å². The molecule has 0 spiro atoms. The average molecular weight is 528 g/mol. The van der Waals surface area contributed by atoms with Crippen LogP contribution in [0.15, 0.2) is 95.4 Å². The minimum absolute atomic E-state index is 0.0906. The van der Waals surface area contributed by atoms with E-state index in [2.05, 4.69) is 28.0 Å². The topological polar surface area (TPSA) is 49.2 Å². The molecular formula is C32H34FN3O3. The van der Waals surface area contributed by atoms with Gasteiger partial charge in [0.1, 0.15) is 17.3 Å². The van der Waals surface area contributed by atoms with E-state index in [0.717, 1.165) is 35.9 Å². The zero-order chi connectivity index (χ0) is 27.0. The Morgan fingerprint density at radius 2 is 1.49 bits per heavy atom. The van der Waals surface area contributed by atoms with E-state index in [1.54, 1.807) is 18.2 Å². The molecule has 5 rings (SSSR count). The molecule has 1 fully saturated rings. The molecule has 1 aromatic heterocycles. The SMILES string of the molecule is CCOc1ccccc1N1CCN(C(=O)c2ccc(CN(Cc3ccccc3)Cc3ccc(F)cc3)o2)CC1. The molecule has 2 heterocycles. The lowest BCUT2D eigenvalue weighted by Crippen LogP contribution is -2.48. The number of anilines is 1. The smallest absolute Gasteiger partial charge is 0.289 e.